The SMILES string of the molecule is CC1(CCc2ccccc2)C[C@H](O)c2cc(Br)ccc2O1. The van der Waals surface area contributed by atoms with Crippen molar-refractivity contribution < 1.29 is 9.84 Å². The summed E-state index contributed by atoms with van der Waals surface area (Å²) in [6.07, 6.45) is 2.01. The van der Waals surface area contributed by atoms with Crippen LogP contribution in [0.1, 0.15) is 37.0 Å². The van der Waals surface area contributed by atoms with Gasteiger partial charge < -0.3 is 9.84 Å². The Morgan fingerprint density at radius 2 is 2.00 bits per heavy atom. The first kappa shape index (κ1) is 14.6. The van der Waals surface area contributed by atoms with E-state index in [4.69, 9.17) is 4.74 Å². The van der Waals surface area contributed by atoms with E-state index in [9.17, 15) is 5.11 Å². The van der Waals surface area contributed by atoms with Crippen LogP contribution in [0.25, 0.3) is 0 Å². The third-order valence-electron chi connectivity index (χ3n) is 4.10. The minimum absolute atomic E-state index is 0.323. The van der Waals surface area contributed by atoms with Gasteiger partial charge in [-0.15, -0.1) is 0 Å². The molecule has 1 aliphatic heterocycles. The van der Waals surface area contributed by atoms with Gasteiger partial charge in [-0.25, -0.2) is 0 Å². The number of hydrogen-bond donors (Lipinski definition) is 1. The lowest BCUT2D eigenvalue weighted by Gasteiger charge is -2.38. The molecular weight excluding hydrogens is 328 g/mol. The molecule has 1 aliphatic rings. The van der Waals surface area contributed by atoms with E-state index in [0.717, 1.165) is 28.6 Å². The number of aryl methyl sites for hydroxylation is 1. The molecule has 2 nitrogen and oxygen atoms in total. The molecule has 0 fully saturated rings. The van der Waals surface area contributed by atoms with Crippen LogP contribution < -0.4 is 4.74 Å². The number of ether oxygens (including phenoxy) is 1. The van der Waals surface area contributed by atoms with E-state index in [1.54, 1.807) is 0 Å². The van der Waals surface area contributed by atoms with Crippen molar-refractivity contribution in [2.75, 3.05) is 0 Å². The summed E-state index contributed by atoms with van der Waals surface area (Å²) < 4.78 is 7.15. The zero-order chi connectivity index (χ0) is 14.9. The molecule has 2 aromatic rings. The number of aliphatic hydroxyl groups is 1. The Morgan fingerprint density at radius 1 is 1.24 bits per heavy atom. The molecule has 1 unspecified atom stereocenters. The van der Waals surface area contributed by atoms with E-state index in [1.165, 1.54) is 5.56 Å². The largest absolute Gasteiger partial charge is 0.487 e. The zero-order valence-electron chi connectivity index (χ0n) is 12.1. The molecule has 0 amide bonds. The van der Waals surface area contributed by atoms with Crippen LogP contribution in [0, 0.1) is 0 Å². The molecular formula is C18H19BrO2. The maximum atomic E-state index is 10.4. The maximum absolute atomic E-state index is 10.4. The van der Waals surface area contributed by atoms with E-state index >= 15 is 0 Å². The second-order valence-corrected chi connectivity index (χ2v) is 6.86. The summed E-state index contributed by atoms with van der Waals surface area (Å²) in [4.78, 5) is 0. The standard InChI is InChI=1S/C18H19BrO2/c1-18(10-9-13-5-3-2-4-6-13)12-16(20)15-11-14(19)7-8-17(15)21-18/h2-8,11,16,20H,9-10,12H2,1H3/t16-,18?/m0/s1. The molecule has 0 spiro atoms. The van der Waals surface area contributed by atoms with Crippen molar-refractivity contribution in [2.45, 2.75) is 37.9 Å². The third kappa shape index (κ3) is 3.30. The van der Waals surface area contributed by atoms with Gasteiger partial charge in [-0.3, -0.25) is 0 Å². The smallest absolute Gasteiger partial charge is 0.126 e. The van der Waals surface area contributed by atoms with Gasteiger partial charge in [0.1, 0.15) is 11.4 Å². The molecule has 2 atom stereocenters. The van der Waals surface area contributed by atoms with Crippen LogP contribution in [0.15, 0.2) is 53.0 Å². The van der Waals surface area contributed by atoms with Crippen molar-refractivity contribution in [3.05, 3.63) is 64.1 Å². The Kier molecular flexibility index (Phi) is 4.05. The quantitative estimate of drug-likeness (QED) is 0.875. The highest BCUT2D eigenvalue weighted by molar-refractivity contribution is 9.10. The van der Waals surface area contributed by atoms with Crippen molar-refractivity contribution in [3.63, 3.8) is 0 Å². The maximum Gasteiger partial charge on any atom is 0.126 e. The van der Waals surface area contributed by atoms with Crippen LogP contribution in [0.4, 0.5) is 0 Å². The average Bonchev–Trinajstić information content (AvgIpc) is 2.47. The summed E-state index contributed by atoms with van der Waals surface area (Å²) in [6.45, 7) is 2.09. The monoisotopic (exact) mass is 346 g/mol. The highest BCUT2D eigenvalue weighted by Crippen LogP contribution is 2.42. The van der Waals surface area contributed by atoms with Gasteiger partial charge in [0, 0.05) is 16.5 Å². The molecule has 110 valence electrons. The Balaban J connectivity index is 1.76. The molecule has 0 aliphatic carbocycles. The molecule has 3 rings (SSSR count). The number of fused-ring (bicyclic) bond motifs is 1. The second-order valence-electron chi connectivity index (χ2n) is 5.94. The van der Waals surface area contributed by atoms with Gasteiger partial charge in [0.2, 0.25) is 0 Å². The number of hydrogen-bond acceptors (Lipinski definition) is 2. The average molecular weight is 347 g/mol. The molecule has 1 heterocycles. The first-order chi connectivity index (χ1) is 10.1. The summed E-state index contributed by atoms with van der Waals surface area (Å²) >= 11 is 3.44. The van der Waals surface area contributed by atoms with Crippen molar-refractivity contribution in [3.8, 4) is 5.75 Å². The predicted octanol–water partition coefficient (Wildman–Crippen LogP) is 4.66. The number of rotatable bonds is 3. The van der Waals surface area contributed by atoms with E-state index < -0.39 is 6.10 Å². The van der Waals surface area contributed by atoms with Gasteiger partial charge in [-0.1, -0.05) is 46.3 Å². The lowest BCUT2D eigenvalue weighted by molar-refractivity contribution is -0.00676. The molecule has 3 heteroatoms. The van der Waals surface area contributed by atoms with Crippen LogP contribution >= 0.6 is 15.9 Å². The van der Waals surface area contributed by atoms with Gasteiger partial charge in [-0.05, 0) is 43.5 Å². The lowest BCUT2D eigenvalue weighted by atomic mass is 9.86. The molecule has 0 saturated carbocycles. The van der Waals surface area contributed by atoms with Crippen molar-refractivity contribution >= 4 is 15.9 Å². The highest BCUT2D eigenvalue weighted by Gasteiger charge is 2.36. The van der Waals surface area contributed by atoms with E-state index in [2.05, 4.69) is 47.1 Å². The summed E-state index contributed by atoms with van der Waals surface area (Å²) in [5.41, 5.74) is 1.86. The molecule has 1 N–H and O–H groups in total. The summed E-state index contributed by atoms with van der Waals surface area (Å²) in [5.74, 6) is 0.799. The van der Waals surface area contributed by atoms with Crippen molar-refractivity contribution in [1.29, 1.82) is 0 Å². The first-order valence-corrected chi connectivity index (χ1v) is 8.05. The van der Waals surface area contributed by atoms with Gasteiger partial charge in [-0.2, -0.15) is 0 Å². The van der Waals surface area contributed by atoms with Crippen LogP contribution in [-0.4, -0.2) is 10.7 Å². The fraction of sp³-hybridized carbons (Fsp3) is 0.333. The van der Waals surface area contributed by atoms with Crippen LogP contribution in [0.2, 0.25) is 0 Å². The summed E-state index contributed by atoms with van der Waals surface area (Å²) in [7, 11) is 0. The topological polar surface area (TPSA) is 29.5 Å². The molecule has 2 aromatic carbocycles. The number of benzene rings is 2. The van der Waals surface area contributed by atoms with Gasteiger partial charge >= 0.3 is 0 Å². The van der Waals surface area contributed by atoms with Gasteiger partial charge in [0.25, 0.3) is 0 Å². The number of halogens is 1. The fourth-order valence-electron chi connectivity index (χ4n) is 2.91. The molecule has 0 radical (unpaired) electrons. The predicted molar refractivity (Wildman–Crippen MR) is 87.5 cm³/mol. The fourth-order valence-corrected chi connectivity index (χ4v) is 3.28. The Bertz CT molecular complexity index is 626. The number of aliphatic hydroxyl groups excluding tert-OH is 1. The Hall–Kier alpha value is -1.32. The summed E-state index contributed by atoms with van der Waals surface area (Å²) in [5, 5.41) is 10.4. The zero-order valence-corrected chi connectivity index (χ0v) is 13.6. The molecule has 0 aromatic heterocycles. The highest BCUT2D eigenvalue weighted by atomic mass is 79.9. The molecule has 21 heavy (non-hydrogen) atoms. The molecule has 0 saturated heterocycles. The Morgan fingerprint density at radius 3 is 2.76 bits per heavy atom. The third-order valence-corrected chi connectivity index (χ3v) is 4.59. The van der Waals surface area contributed by atoms with Gasteiger partial charge in [0.15, 0.2) is 0 Å². The first-order valence-electron chi connectivity index (χ1n) is 7.26. The molecule has 0 bridgehead atoms. The van der Waals surface area contributed by atoms with Gasteiger partial charge in [0.05, 0.1) is 6.10 Å². The van der Waals surface area contributed by atoms with Crippen molar-refractivity contribution in [1.82, 2.24) is 0 Å². The summed E-state index contributed by atoms with van der Waals surface area (Å²) in [6, 6.07) is 16.2. The van der Waals surface area contributed by atoms with Crippen molar-refractivity contribution in [2.24, 2.45) is 0 Å². The van der Waals surface area contributed by atoms with Crippen LogP contribution in [0.3, 0.4) is 0 Å². The second kappa shape index (κ2) is 5.82. The van der Waals surface area contributed by atoms with E-state index in [-0.39, 0.29) is 5.60 Å². The Labute approximate surface area is 133 Å². The van der Waals surface area contributed by atoms with E-state index in [0.29, 0.717) is 6.42 Å². The lowest BCUT2D eigenvalue weighted by Crippen LogP contribution is -2.38. The minimum atomic E-state index is -0.466. The van der Waals surface area contributed by atoms with Crippen LogP contribution in [-0.2, 0) is 6.42 Å². The minimum Gasteiger partial charge on any atom is -0.487 e. The van der Waals surface area contributed by atoms with E-state index in [1.807, 2.05) is 24.3 Å². The van der Waals surface area contributed by atoms with Crippen LogP contribution in [0.5, 0.6) is 5.75 Å². The normalized spacial score (nSPS) is 24.2.